The number of furan rings is 1. The van der Waals surface area contributed by atoms with Crippen LogP contribution in [-0.2, 0) is 0 Å². The van der Waals surface area contributed by atoms with Crippen LogP contribution in [0.5, 0.6) is 0 Å². The van der Waals surface area contributed by atoms with E-state index in [9.17, 15) is 14.4 Å². The normalized spacial score (nSPS) is 12.7. The maximum absolute atomic E-state index is 12.9. The van der Waals surface area contributed by atoms with Crippen molar-refractivity contribution in [2.75, 3.05) is 0 Å². The Hall–Kier alpha value is -3.34. The summed E-state index contributed by atoms with van der Waals surface area (Å²) in [5.74, 6) is -1.30. The fraction of sp³-hybridized carbons (Fsp3) is 0.0526. The van der Waals surface area contributed by atoms with Gasteiger partial charge in [0.2, 0.25) is 5.78 Å². The van der Waals surface area contributed by atoms with Crippen LogP contribution in [0.1, 0.15) is 49.6 Å². The lowest BCUT2D eigenvalue weighted by Crippen LogP contribution is -2.21. The third-order valence-corrected chi connectivity index (χ3v) is 4.01. The second-order valence-electron chi connectivity index (χ2n) is 5.52. The van der Waals surface area contributed by atoms with Crippen LogP contribution >= 0.6 is 0 Å². The number of hydrogen-bond acceptors (Lipinski definition) is 5. The van der Waals surface area contributed by atoms with Gasteiger partial charge in [-0.1, -0.05) is 30.3 Å². The van der Waals surface area contributed by atoms with Crippen molar-refractivity contribution in [3.63, 3.8) is 0 Å². The predicted octanol–water partition coefficient (Wildman–Crippen LogP) is 3.32. The van der Waals surface area contributed by atoms with Crippen molar-refractivity contribution in [3.05, 3.63) is 77.0 Å². The third-order valence-electron chi connectivity index (χ3n) is 4.01. The predicted molar refractivity (Wildman–Crippen MR) is 85.3 cm³/mol. The minimum absolute atomic E-state index is 0.00392. The van der Waals surface area contributed by atoms with Crippen LogP contribution < -0.4 is 0 Å². The van der Waals surface area contributed by atoms with Gasteiger partial charge < -0.3 is 4.42 Å². The molecule has 0 amide bonds. The van der Waals surface area contributed by atoms with Crippen LogP contribution in [0.2, 0.25) is 0 Å². The maximum Gasteiger partial charge on any atom is 0.248 e. The highest BCUT2D eigenvalue weighted by Gasteiger charge is 2.37. The number of fused-ring (bicyclic) bond motifs is 2. The van der Waals surface area contributed by atoms with Crippen molar-refractivity contribution >= 4 is 17.3 Å². The van der Waals surface area contributed by atoms with Crippen molar-refractivity contribution in [1.29, 1.82) is 0 Å². The Balaban J connectivity index is 1.97. The molecular weight excluding hydrogens is 306 g/mol. The minimum Gasteiger partial charge on any atom is -0.449 e. The average Bonchev–Trinajstić information content (AvgIpc) is 3.06. The Kier molecular flexibility index (Phi) is 3.03. The molecule has 0 saturated heterocycles. The molecule has 0 atom stereocenters. The molecule has 0 radical (unpaired) electrons. The molecule has 5 heteroatoms. The van der Waals surface area contributed by atoms with Crippen molar-refractivity contribution in [2.24, 2.45) is 0 Å². The summed E-state index contributed by atoms with van der Waals surface area (Å²) in [5, 5.41) is 0. The highest BCUT2D eigenvalue weighted by Crippen LogP contribution is 2.34. The summed E-state index contributed by atoms with van der Waals surface area (Å²) in [6.45, 7) is 1.32. The van der Waals surface area contributed by atoms with Crippen LogP contribution in [0.3, 0.4) is 0 Å². The summed E-state index contributed by atoms with van der Waals surface area (Å²) in [7, 11) is 0. The smallest absolute Gasteiger partial charge is 0.248 e. The van der Waals surface area contributed by atoms with E-state index in [1.165, 1.54) is 19.2 Å². The van der Waals surface area contributed by atoms with E-state index >= 15 is 0 Å². The molecule has 0 N–H and O–H groups in total. The molecule has 0 spiro atoms. The molecule has 0 saturated carbocycles. The second kappa shape index (κ2) is 5.09. The van der Waals surface area contributed by atoms with Gasteiger partial charge in [-0.3, -0.25) is 19.4 Å². The zero-order valence-electron chi connectivity index (χ0n) is 12.7. The molecule has 0 unspecified atom stereocenters. The molecule has 1 aliphatic rings. The number of hydrogen-bond donors (Lipinski definition) is 0. The van der Waals surface area contributed by atoms with Crippen LogP contribution in [0.15, 0.2) is 53.1 Å². The number of carbonyl (C=O) groups is 3. The molecule has 116 valence electrons. The Morgan fingerprint density at radius 1 is 1.00 bits per heavy atom. The molecule has 0 fully saturated rings. The highest BCUT2D eigenvalue weighted by molar-refractivity contribution is 6.29. The number of pyridine rings is 1. The fourth-order valence-corrected chi connectivity index (χ4v) is 2.87. The van der Waals surface area contributed by atoms with Crippen molar-refractivity contribution in [3.8, 4) is 11.1 Å². The van der Waals surface area contributed by atoms with Gasteiger partial charge in [0.25, 0.3) is 0 Å². The van der Waals surface area contributed by atoms with E-state index in [0.29, 0.717) is 5.56 Å². The highest BCUT2D eigenvalue weighted by atomic mass is 16.4. The quantitative estimate of drug-likeness (QED) is 0.530. The molecule has 5 nitrogen and oxygen atoms in total. The summed E-state index contributed by atoms with van der Waals surface area (Å²) >= 11 is 0. The van der Waals surface area contributed by atoms with E-state index in [4.69, 9.17) is 4.42 Å². The summed E-state index contributed by atoms with van der Waals surface area (Å²) in [6, 6.07) is 12.3. The van der Waals surface area contributed by atoms with Gasteiger partial charge in [0.15, 0.2) is 23.1 Å². The lowest BCUT2D eigenvalue weighted by atomic mass is 9.87. The van der Waals surface area contributed by atoms with E-state index in [1.807, 2.05) is 30.3 Å². The molecule has 2 aromatic heterocycles. The molecule has 24 heavy (non-hydrogen) atoms. The van der Waals surface area contributed by atoms with Crippen LogP contribution in [0.4, 0.5) is 0 Å². The number of benzene rings is 1. The van der Waals surface area contributed by atoms with E-state index in [0.717, 1.165) is 5.56 Å². The zero-order chi connectivity index (χ0) is 16.8. The van der Waals surface area contributed by atoms with Gasteiger partial charge in [0, 0.05) is 13.1 Å². The lowest BCUT2D eigenvalue weighted by molar-refractivity contribution is 0.0944. The Bertz CT molecular complexity index is 1020. The Labute approximate surface area is 136 Å². The number of Topliss-reactive ketones (excluding diaryl/α,β-unsaturated/α-hetero) is 1. The van der Waals surface area contributed by atoms with Crippen LogP contribution in [0.25, 0.3) is 11.1 Å². The summed E-state index contributed by atoms with van der Waals surface area (Å²) in [4.78, 5) is 41.2. The third kappa shape index (κ3) is 1.95. The Morgan fingerprint density at radius 2 is 1.75 bits per heavy atom. The SMILES string of the molecule is CC(=O)c1cc2c(o1)C(=O)c1nccc(-c3ccccc3)c1C2=O. The number of aromatic nitrogens is 1. The standard InChI is InChI=1S/C19H11NO4/c1-10(21)14-9-13-17(22)15-12(11-5-3-2-4-6-11)7-8-20-16(15)18(23)19(13)24-14/h2-9H,1H3. The van der Waals surface area contributed by atoms with E-state index in [-0.39, 0.29) is 39.9 Å². The topological polar surface area (TPSA) is 77.2 Å². The first kappa shape index (κ1) is 14.3. The fourth-order valence-electron chi connectivity index (χ4n) is 2.87. The second-order valence-corrected chi connectivity index (χ2v) is 5.52. The number of ketones is 3. The molecule has 4 rings (SSSR count). The van der Waals surface area contributed by atoms with Crippen LogP contribution in [0, 0.1) is 0 Å². The minimum atomic E-state index is -0.482. The largest absolute Gasteiger partial charge is 0.449 e. The van der Waals surface area contributed by atoms with Gasteiger partial charge in [0.1, 0.15) is 5.69 Å². The molecular formula is C19H11NO4. The van der Waals surface area contributed by atoms with Crippen molar-refractivity contribution in [2.45, 2.75) is 6.92 Å². The number of rotatable bonds is 2. The maximum atomic E-state index is 12.9. The van der Waals surface area contributed by atoms with Gasteiger partial charge in [-0.05, 0) is 23.3 Å². The Morgan fingerprint density at radius 3 is 2.46 bits per heavy atom. The molecule has 0 bridgehead atoms. The zero-order valence-corrected chi connectivity index (χ0v) is 12.7. The molecule has 0 aliphatic heterocycles. The molecule has 1 aliphatic carbocycles. The molecule has 2 heterocycles. The van der Waals surface area contributed by atoms with Gasteiger partial charge in [-0.25, -0.2) is 0 Å². The summed E-state index contributed by atoms with van der Waals surface area (Å²) < 4.78 is 5.29. The molecule has 1 aromatic carbocycles. The van der Waals surface area contributed by atoms with Crippen molar-refractivity contribution in [1.82, 2.24) is 4.98 Å². The van der Waals surface area contributed by atoms with Gasteiger partial charge in [0.05, 0.1) is 11.1 Å². The van der Waals surface area contributed by atoms with E-state index in [1.54, 1.807) is 6.07 Å². The number of carbonyl (C=O) groups excluding carboxylic acids is 3. The first-order valence-electron chi connectivity index (χ1n) is 7.36. The van der Waals surface area contributed by atoms with E-state index in [2.05, 4.69) is 4.98 Å². The van der Waals surface area contributed by atoms with Gasteiger partial charge >= 0.3 is 0 Å². The number of nitrogens with zero attached hydrogens (tertiary/aromatic N) is 1. The van der Waals surface area contributed by atoms with Crippen LogP contribution in [-0.4, -0.2) is 22.3 Å². The monoisotopic (exact) mass is 317 g/mol. The molecule has 3 aromatic rings. The van der Waals surface area contributed by atoms with E-state index < -0.39 is 5.78 Å². The summed E-state index contributed by atoms with van der Waals surface area (Å²) in [5.41, 5.74) is 1.87. The summed E-state index contributed by atoms with van der Waals surface area (Å²) in [6.07, 6.45) is 1.49. The lowest BCUT2D eigenvalue weighted by Gasteiger charge is -2.16. The first-order chi connectivity index (χ1) is 11.6. The van der Waals surface area contributed by atoms with Crippen molar-refractivity contribution < 1.29 is 18.8 Å². The van der Waals surface area contributed by atoms with Gasteiger partial charge in [-0.15, -0.1) is 0 Å². The average molecular weight is 317 g/mol. The van der Waals surface area contributed by atoms with Gasteiger partial charge in [-0.2, -0.15) is 0 Å². The first-order valence-corrected chi connectivity index (χ1v) is 7.36.